The molecule has 0 N–H and O–H groups in total. The second kappa shape index (κ2) is 8.50. The summed E-state index contributed by atoms with van der Waals surface area (Å²) in [7, 11) is 4.53. The lowest BCUT2D eigenvalue weighted by Gasteiger charge is -2.19. The monoisotopic (exact) mass is 416 g/mol. The number of carbonyl (C=O) groups excluding carboxylic acids is 1. The summed E-state index contributed by atoms with van der Waals surface area (Å²) in [6.07, 6.45) is -0.468. The molecule has 1 aromatic carbocycles. The topological polar surface area (TPSA) is 41.9 Å². The van der Waals surface area contributed by atoms with E-state index >= 15 is 0 Å². The average molecular weight is 417 g/mol. The van der Waals surface area contributed by atoms with Crippen LogP contribution < -0.4 is 0 Å². The van der Waals surface area contributed by atoms with E-state index in [0.29, 0.717) is 0 Å². The number of rotatable bonds is 4. The van der Waals surface area contributed by atoms with Gasteiger partial charge in [-0.15, -0.1) is 11.8 Å². The van der Waals surface area contributed by atoms with E-state index in [2.05, 4.69) is 64.0 Å². The van der Waals surface area contributed by atoms with E-state index in [0.717, 1.165) is 15.0 Å². The Bertz CT molecular complexity index is 639. The van der Waals surface area contributed by atoms with Gasteiger partial charge in [-0.1, -0.05) is 49.8 Å². The number of hydrogen-bond donors (Lipinski definition) is 0. The van der Waals surface area contributed by atoms with Crippen LogP contribution in [0.4, 0.5) is 4.79 Å². The molecule has 138 valence electrons. The van der Waals surface area contributed by atoms with Gasteiger partial charge in [-0.25, -0.2) is 9.10 Å². The van der Waals surface area contributed by atoms with E-state index in [4.69, 9.17) is 4.84 Å². The first-order valence-electron chi connectivity index (χ1n) is 7.85. The molecule has 0 radical (unpaired) electrons. The Labute approximate surface area is 166 Å². The summed E-state index contributed by atoms with van der Waals surface area (Å²) in [4.78, 5) is 18.2. The molecule has 1 aliphatic rings. The van der Waals surface area contributed by atoms with Crippen LogP contribution in [-0.2, 0) is 10.3 Å². The maximum atomic E-state index is 12.1. The van der Waals surface area contributed by atoms with Crippen molar-refractivity contribution in [2.45, 2.75) is 49.7 Å². The molecule has 0 bridgehead atoms. The molecule has 4 nitrogen and oxygen atoms in total. The van der Waals surface area contributed by atoms with Gasteiger partial charge in [0.2, 0.25) is 0 Å². The fourth-order valence-electron chi connectivity index (χ4n) is 1.88. The normalized spacial score (nSPS) is 18.4. The van der Waals surface area contributed by atoms with E-state index in [1.807, 2.05) is 0 Å². The minimum Gasteiger partial charge on any atom is -0.296 e. The molecule has 2 rings (SSSR count). The zero-order valence-corrected chi connectivity index (χ0v) is 18.6. The molecule has 1 aliphatic heterocycles. The maximum Gasteiger partial charge on any atom is 0.446 e. The summed E-state index contributed by atoms with van der Waals surface area (Å²) in [5.74, 6) is 0. The number of nitrogens with zero attached hydrogens (tertiary/aromatic N) is 2. The number of benzene rings is 1. The second-order valence-electron chi connectivity index (χ2n) is 7.10. The van der Waals surface area contributed by atoms with E-state index < -0.39 is 6.09 Å². The van der Waals surface area contributed by atoms with Gasteiger partial charge in [0.25, 0.3) is 0 Å². The number of amides is 1. The summed E-state index contributed by atoms with van der Waals surface area (Å²) in [5, 5.41) is 5.83. The van der Waals surface area contributed by atoms with Crippen molar-refractivity contribution in [3.63, 3.8) is 0 Å². The Morgan fingerprint density at radius 1 is 1.28 bits per heavy atom. The third-order valence-corrected chi connectivity index (χ3v) is 8.79. The lowest BCUT2D eigenvalue weighted by molar-refractivity contribution is 0.137. The summed E-state index contributed by atoms with van der Waals surface area (Å²) in [6, 6.07) is 8.41. The van der Waals surface area contributed by atoms with Gasteiger partial charge in [0.05, 0.1) is 4.75 Å². The van der Waals surface area contributed by atoms with E-state index in [1.54, 1.807) is 30.6 Å². The van der Waals surface area contributed by atoms with Crippen LogP contribution in [0.1, 0.15) is 40.2 Å². The van der Waals surface area contributed by atoms with Crippen molar-refractivity contribution in [2.75, 3.05) is 12.1 Å². The molecule has 0 atom stereocenters. The molecule has 25 heavy (non-hydrogen) atoms. The van der Waals surface area contributed by atoms with E-state index in [9.17, 15) is 4.79 Å². The summed E-state index contributed by atoms with van der Waals surface area (Å²) >= 11 is 3.42. The van der Waals surface area contributed by atoms with Gasteiger partial charge >= 0.3 is 6.09 Å². The second-order valence-corrected chi connectivity index (χ2v) is 12.3. The van der Waals surface area contributed by atoms with Crippen LogP contribution >= 0.6 is 45.3 Å². The summed E-state index contributed by atoms with van der Waals surface area (Å²) < 4.78 is 1.37. The molecule has 1 fully saturated rings. The minimum absolute atomic E-state index is 0.0831. The Morgan fingerprint density at radius 2 is 1.92 bits per heavy atom. The molecule has 8 heteroatoms. The number of oxime groups is 1. The molecule has 0 aromatic heterocycles. The lowest BCUT2D eigenvalue weighted by atomic mass is 9.87. The molecule has 1 heterocycles. The highest BCUT2D eigenvalue weighted by Gasteiger charge is 2.33. The molecule has 1 saturated heterocycles. The first-order valence-corrected chi connectivity index (χ1v) is 11.9. The average Bonchev–Trinajstić information content (AvgIpc) is 2.88. The van der Waals surface area contributed by atoms with Gasteiger partial charge in [0.15, 0.2) is 0 Å². The zero-order valence-electron chi connectivity index (χ0n) is 15.4. The highest BCUT2D eigenvalue weighted by Crippen LogP contribution is 2.41. The van der Waals surface area contributed by atoms with Gasteiger partial charge < -0.3 is 0 Å². The van der Waals surface area contributed by atoms with Crippen LogP contribution in [0, 0.1) is 0 Å². The molecule has 0 spiro atoms. The quantitative estimate of drug-likeness (QED) is 0.250. The fourth-order valence-corrected chi connectivity index (χ4v) is 6.34. The van der Waals surface area contributed by atoms with Crippen LogP contribution in [0.3, 0.4) is 0 Å². The highest BCUT2D eigenvalue weighted by atomic mass is 33.1. The first kappa shape index (κ1) is 20.9. The van der Waals surface area contributed by atoms with Crippen molar-refractivity contribution in [1.29, 1.82) is 0 Å². The van der Waals surface area contributed by atoms with Crippen molar-refractivity contribution in [3.8, 4) is 0 Å². The van der Waals surface area contributed by atoms with E-state index in [1.165, 1.54) is 31.6 Å². The van der Waals surface area contributed by atoms with Crippen molar-refractivity contribution in [1.82, 2.24) is 4.31 Å². The Hall–Kier alpha value is -0.440. The van der Waals surface area contributed by atoms with Crippen LogP contribution in [-0.4, -0.2) is 32.3 Å². The van der Waals surface area contributed by atoms with Crippen molar-refractivity contribution in [2.24, 2.45) is 5.16 Å². The van der Waals surface area contributed by atoms with Crippen molar-refractivity contribution >= 4 is 56.4 Å². The number of carbonyl (C=O) groups is 1. The summed E-state index contributed by atoms with van der Waals surface area (Å²) in [5.41, 5.74) is 1.43. The molecule has 0 aliphatic carbocycles. The molecule has 1 aromatic rings. The zero-order chi connectivity index (χ0) is 18.7. The Kier molecular flexibility index (Phi) is 7.09. The maximum absolute atomic E-state index is 12.1. The van der Waals surface area contributed by atoms with Crippen LogP contribution in [0.15, 0.2) is 34.3 Å². The predicted octanol–water partition coefficient (Wildman–Crippen LogP) is 6.24. The predicted molar refractivity (Wildman–Crippen MR) is 114 cm³/mol. The largest absolute Gasteiger partial charge is 0.446 e. The highest BCUT2D eigenvalue weighted by molar-refractivity contribution is 8.75. The van der Waals surface area contributed by atoms with Gasteiger partial charge in [0, 0.05) is 28.0 Å². The van der Waals surface area contributed by atoms with Crippen molar-refractivity contribution in [3.05, 3.63) is 29.8 Å². The number of hydrogen-bond acceptors (Lipinski definition) is 7. The minimum atomic E-state index is -0.468. The smallest absolute Gasteiger partial charge is 0.296 e. The first-order chi connectivity index (χ1) is 11.6. The Balaban J connectivity index is 1.84. The molecule has 1 amide bonds. The lowest BCUT2D eigenvalue weighted by Crippen LogP contribution is -2.23. The van der Waals surface area contributed by atoms with Crippen molar-refractivity contribution < 1.29 is 9.63 Å². The van der Waals surface area contributed by atoms with Gasteiger partial charge in [-0.05, 0) is 47.8 Å². The third-order valence-electron chi connectivity index (χ3n) is 3.56. The van der Waals surface area contributed by atoms with E-state index in [-0.39, 0.29) is 10.2 Å². The van der Waals surface area contributed by atoms with Gasteiger partial charge in [-0.2, -0.15) is 0 Å². The third kappa shape index (κ3) is 6.05. The van der Waals surface area contributed by atoms with Crippen LogP contribution in [0.25, 0.3) is 0 Å². The molecule has 0 unspecified atom stereocenters. The number of thioether (sulfide) groups is 2. The molecule has 0 saturated carbocycles. The van der Waals surface area contributed by atoms with Crippen LogP contribution in [0.5, 0.6) is 0 Å². The SMILES string of the molecule is CN(SSc1ccc(C(C)(C)C)cc1)C(=O)ON=C1SCSC1(C)C. The van der Waals surface area contributed by atoms with Gasteiger partial charge in [0.1, 0.15) is 5.04 Å². The molecular formula is C17H24N2O2S4. The van der Waals surface area contributed by atoms with Gasteiger partial charge in [-0.3, -0.25) is 4.84 Å². The standard InChI is InChI=1S/C17H24N2O2S4/c1-16(2,3)12-7-9-13(10-8-12)24-25-19(6)15(20)21-18-14-17(4,5)23-11-22-14/h7-10H,11H2,1-6H3. The van der Waals surface area contributed by atoms with Crippen LogP contribution in [0.2, 0.25) is 0 Å². The fraction of sp³-hybridized carbons (Fsp3) is 0.529. The Morgan fingerprint density at radius 3 is 2.44 bits per heavy atom. The molecular weight excluding hydrogens is 392 g/mol. The summed E-state index contributed by atoms with van der Waals surface area (Å²) in [6.45, 7) is 10.7.